The van der Waals surface area contributed by atoms with Crippen molar-refractivity contribution >= 4 is 56.6 Å². The lowest BCUT2D eigenvalue weighted by Crippen LogP contribution is -2.56. The minimum atomic E-state index is 0.0900. The van der Waals surface area contributed by atoms with Gasteiger partial charge in [-0.25, -0.2) is 0 Å². The van der Waals surface area contributed by atoms with Gasteiger partial charge in [-0.3, -0.25) is 0 Å². The van der Waals surface area contributed by atoms with Crippen LogP contribution in [0.1, 0.15) is 16.7 Å². The molecule has 0 N–H and O–H groups in total. The van der Waals surface area contributed by atoms with E-state index in [2.05, 4.69) is 151 Å². The van der Waals surface area contributed by atoms with Crippen molar-refractivity contribution in [1.29, 1.82) is 0 Å². The summed E-state index contributed by atoms with van der Waals surface area (Å²) < 4.78 is 2.63. The fourth-order valence-electron chi connectivity index (χ4n) is 7.91. The number of anilines is 3. The van der Waals surface area contributed by atoms with Crippen LogP contribution in [-0.2, 0) is 0 Å². The third-order valence-electron chi connectivity index (χ3n) is 9.39. The molecule has 3 heteroatoms. The molecule has 0 saturated heterocycles. The number of aryl methyl sites for hydroxylation is 3. The van der Waals surface area contributed by atoms with Gasteiger partial charge in [-0.15, -0.1) is 0 Å². The van der Waals surface area contributed by atoms with Crippen molar-refractivity contribution in [2.45, 2.75) is 20.8 Å². The maximum Gasteiger partial charge on any atom is 0.333 e. The van der Waals surface area contributed by atoms with Crippen molar-refractivity contribution in [1.82, 2.24) is 4.48 Å². The Hall–Kier alpha value is -5.02. The third-order valence-corrected chi connectivity index (χ3v) is 9.39. The van der Waals surface area contributed by atoms with Crippen LogP contribution in [0.15, 0.2) is 121 Å². The first-order valence-electron chi connectivity index (χ1n) is 14.8. The van der Waals surface area contributed by atoms with Gasteiger partial charge in [0.05, 0.1) is 5.69 Å². The van der Waals surface area contributed by atoms with Gasteiger partial charge >= 0.3 is 6.85 Å². The first-order valence-corrected chi connectivity index (χ1v) is 14.8. The van der Waals surface area contributed by atoms with E-state index in [0.717, 1.165) is 0 Å². The predicted molar refractivity (Wildman–Crippen MR) is 180 cm³/mol. The van der Waals surface area contributed by atoms with Gasteiger partial charge in [-0.2, -0.15) is 0 Å². The van der Waals surface area contributed by atoms with Gasteiger partial charge in [-0.05, 0) is 89.8 Å². The van der Waals surface area contributed by atoms with E-state index >= 15 is 0 Å². The molecule has 2 nitrogen and oxygen atoms in total. The van der Waals surface area contributed by atoms with Gasteiger partial charge < -0.3 is 9.38 Å². The molecule has 2 aliphatic rings. The first-order chi connectivity index (χ1) is 20.6. The summed E-state index contributed by atoms with van der Waals surface area (Å²) in [6.07, 6.45) is 0. The molecule has 1 aromatic heterocycles. The lowest BCUT2D eigenvalue weighted by molar-refractivity contribution is 1.20. The molecular weight excluding hydrogens is 507 g/mol. The van der Waals surface area contributed by atoms with Crippen LogP contribution in [0.5, 0.6) is 0 Å². The van der Waals surface area contributed by atoms with Crippen molar-refractivity contribution in [2.24, 2.45) is 0 Å². The van der Waals surface area contributed by atoms with Crippen molar-refractivity contribution in [3.8, 4) is 22.3 Å². The Labute approximate surface area is 246 Å². The minimum absolute atomic E-state index is 0.0900. The topological polar surface area (TPSA) is 8.17 Å². The molecule has 0 amide bonds. The number of para-hydroxylation sites is 2. The molecule has 6 aromatic carbocycles. The monoisotopic (exact) mass is 536 g/mol. The molecule has 2 aliphatic heterocycles. The van der Waals surface area contributed by atoms with Gasteiger partial charge in [0.15, 0.2) is 0 Å². The zero-order valence-electron chi connectivity index (χ0n) is 24.0. The minimum Gasteiger partial charge on any atom is -0.375 e. The number of benzene rings is 6. The molecule has 0 aliphatic carbocycles. The number of rotatable bonds is 2. The zero-order valence-corrected chi connectivity index (χ0v) is 24.0. The Kier molecular flexibility index (Phi) is 4.79. The van der Waals surface area contributed by atoms with Crippen molar-refractivity contribution in [2.75, 3.05) is 4.90 Å². The van der Waals surface area contributed by atoms with Crippen LogP contribution in [0.2, 0.25) is 0 Å². The van der Waals surface area contributed by atoms with E-state index in [0.29, 0.717) is 0 Å². The molecule has 0 bridgehead atoms. The Morgan fingerprint density at radius 3 is 2.10 bits per heavy atom. The van der Waals surface area contributed by atoms with E-state index < -0.39 is 0 Å². The molecule has 0 spiro atoms. The van der Waals surface area contributed by atoms with Crippen LogP contribution < -0.4 is 15.8 Å². The average Bonchev–Trinajstić information content (AvgIpc) is 3.34. The van der Waals surface area contributed by atoms with Gasteiger partial charge in [0.25, 0.3) is 0 Å². The second-order valence-corrected chi connectivity index (χ2v) is 12.0. The molecule has 42 heavy (non-hydrogen) atoms. The second-order valence-electron chi connectivity index (χ2n) is 12.0. The highest BCUT2D eigenvalue weighted by Crippen LogP contribution is 2.47. The SMILES string of the molecule is Cc1cc(C)c(N2c3ccccc3B3c4c(cccc42)-c2cc(-c4ccccc4)cc4c5ccccc5n3c24)c(C)c1. The van der Waals surface area contributed by atoms with Crippen molar-refractivity contribution in [3.05, 3.63) is 138 Å². The number of nitrogens with zero attached hydrogens (tertiary/aromatic N) is 2. The summed E-state index contributed by atoms with van der Waals surface area (Å²) >= 11 is 0. The van der Waals surface area contributed by atoms with E-state index in [4.69, 9.17) is 0 Å². The summed E-state index contributed by atoms with van der Waals surface area (Å²) in [6.45, 7) is 6.79. The maximum atomic E-state index is 2.63. The summed E-state index contributed by atoms with van der Waals surface area (Å²) in [5, 5.41) is 2.63. The van der Waals surface area contributed by atoms with Gasteiger partial charge in [0, 0.05) is 38.7 Å². The van der Waals surface area contributed by atoms with Crippen LogP contribution in [0.4, 0.5) is 17.1 Å². The van der Waals surface area contributed by atoms with Gasteiger partial charge in [0.1, 0.15) is 0 Å². The zero-order chi connectivity index (χ0) is 28.1. The van der Waals surface area contributed by atoms with Crippen LogP contribution in [0, 0.1) is 20.8 Å². The maximum absolute atomic E-state index is 2.63. The van der Waals surface area contributed by atoms with Crippen LogP contribution >= 0.6 is 0 Å². The summed E-state index contributed by atoms with van der Waals surface area (Å²) in [4.78, 5) is 2.53. The quantitative estimate of drug-likeness (QED) is 0.201. The standard InChI is InChI=1S/C39H29BN2/c1-24-20-25(2)38(26(3)21-24)41-35-18-10-8-16-33(35)40-37-30(15-11-19-36(37)41)32-23-28(27-12-5-4-6-13-27)22-31-29-14-7-9-17-34(29)42(40)39(31)32/h4-23H,1-3H3. The Morgan fingerprint density at radius 1 is 0.548 bits per heavy atom. The fourth-order valence-corrected chi connectivity index (χ4v) is 7.91. The highest BCUT2D eigenvalue weighted by molar-refractivity contribution is 6.90. The van der Waals surface area contributed by atoms with Crippen molar-refractivity contribution < 1.29 is 0 Å². The molecule has 7 aromatic rings. The van der Waals surface area contributed by atoms with Crippen LogP contribution in [0.25, 0.3) is 44.1 Å². The summed E-state index contributed by atoms with van der Waals surface area (Å²) in [5.41, 5.74) is 18.2. The molecule has 0 atom stereocenters. The Bertz CT molecular complexity index is 2220. The largest absolute Gasteiger partial charge is 0.375 e. The van der Waals surface area contributed by atoms with Crippen LogP contribution in [0.3, 0.4) is 0 Å². The normalized spacial score (nSPS) is 13.0. The molecule has 9 rings (SSSR count). The van der Waals surface area contributed by atoms with E-state index in [1.165, 1.54) is 88.7 Å². The molecule has 198 valence electrons. The summed E-state index contributed by atoms with van der Waals surface area (Å²) in [5.74, 6) is 0. The lowest BCUT2D eigenvalue weighted by Gasteiger charge is -2.41. The third kappa shape index (κ3) is 3.06. The number of aromatic nitrogens is 1. The van der Waals surface area contributed by atoms with Gasteiger partial charge in [-0.1, -0.05) is 96.6 Å². The first kappa shape index (κ1) is 23.7. The smallest absolute Gasteiger partial charge is 0.333 e. The molecular formula is C39H29BN2. The van der Waals surface area contributed by atoms with E-state index in [1.807, 2.05) is 0 Å². The number of hydrogen-bond acceptors (Lipinski definition) is 1. The molecule has 3 heterocycles. The number of hydrogen-bond donors (Lipinski definition) is 0. The second kappa shape index (κ2) is 8.50. The molecule has 0 radical (unpaired) electrons. The van der Waals surface area contributed by atoms with E-state index in [9.17, 15) is 0 Å². The van der Waals surface area contributed by atoms with Crippen LogP contribution in [-0.4, -0.2) is 11.3 Å². The van der Waals surface area contributed by atoms with Crippen molar-refractivity contribution in [3.63, 3.8) is 0 Å². The Balaban J connectivity index is 1.45. The fraction of sp³-hybridized carbons (Fsp3) is 0.0769. The Morgan fingerprint density at radius 2 is 1.26 bits per heavy atom. The van der Waals surface area contributed by atoms with E-state index in [-0.39, 0.29) is 6.85 Å². The molecule has 0 saturated carbocycles. The van der Waals surface area contributed by atoms with Gasteiger partial charge in [0.2, 0.25) is 0 Å². The summed E-state index contributed by atoms with van der Waals surface area (Å²) in [6, 6.07) is 45.2. The molecule has 0 unspecified atom stereocenters. The highest BCUT2D eigenvalue weighted by Gasteiger charge is 2.42. The lowest BCUT2D eigenvalue weighted by atomic mass is 9.45. The van der Waals surface area contributed by atoms with E-state index in [1.54, 1.807) is 0 Å². The number of fused-ring (bicyclic) bond motifs is 7. The highest BCUT2D eigenvalue weighted by atomic mass is 15.2. The molecule has 0 fully saturated rings. The predicted octanol–water partition coefficient (Wildman–Crippen LogP) is 8.80. The average molecular weight is 536 g/mol. The summed E-state index contributed by atoms with van der Waals surface area (Å²) in [7, 11) is 0.